The van der Waals surface area contributed by atoms with Crippen molar-refractivity contribution in [2.75, 3.05) is 13.7 Å². The van der Waals surface area contributed by atoms with Crippen LogP contribution in [0.2, 0.25) is 0 Å². The maximum absolute atomic E-state index is 13.0. The van der Waals surface area contributed by atoms with E-state index in [9.17, 15) is 9.90 Å². The Morgan fingerprint density at radius 1 is 1.33 bits per heavy atom. The van der Waals surface area contributed by atoms with Crippen LogP contribution in [-0.2, 0) is 5.60 Å². The van der Waals surface area contributed by atoms with Gasteiger partial charge in [-0.3, -0.25) is 4.79 Å². The van der Waals surface area contributed by atoms with Gasteiger partial charge in [-0.25, -0.2) is 4.98 Å². The largest absolute Gasteiger partial charge is 0.481 e. The van der Waals surface area contributed by atoms with E-state index in [1.54, 1.807) is 31.5 Å². The summed E-state index contributed by atoms with van der Waals surface area (Å²) in [6.07, 6.45) is 4.28. The molecule has 144 valence electrons. The summed E-state index contributed by atoms with van der Waals surface area (Å²) in [6, 6.07) is 6.87. The number of aromatic nitrogens is 1. The zero-order valence-corrected chi connectivity index (χ0v) is 15.6. The molecule has 1 N–H and O–H groups in total. The van der Waals surface area contributed by atoms with Crippen molar-refractivity contribution in [1.82, 2.24) is 9.88 Å². The Hall–Kier alpha value is -2.54. The Bertz CT molecular complexity index is 819. The predicted octanol–water partition coefficient (Wildman–Crippen LogP) is 2.74. The van der Waals surface area contributed by atoms with E-state index in [1.165, 1.54) is 0 Å². The van der Waals surface area contributed by atoms with Gasteiger partial charge >= 0.3 is 0 Å². The van der Waals surface area contributed by atoms with Crippen LogP contribution in [0, 0.1) is 0 Å². The highest BCUT2D eigenvalue weighted by Gasteiger charge is 2.51. The number of fused-ring (bicyclic) bond motifs is 2. The lowest BCUT2D eigenvalue weighted by Crippen LogP contribution is -2.52. The minimum Gasteiger partial charge on any atom is -0.481 e. The highest BCUT2D eigenvalue weighted by Crippen LogP contribution is 2.48. The third-order valence-corrected chi connectivity index (χ3v) is 5.55. The first-order valence-electron chi connectivity index (χ1n) is 9.33. The SMILES string of the molecule is CCOc1ccc(C(=O)N2[C@H]3CC[C@H]2CC(O)(c2cccnc2OC)C3)o1. The number of amides is 1. The lowest BCUT2D eigenvalue weighted by atomic mass is 9.80. The van der Waals surface area contributed by atoms with Gasteiger partial charge in [0.2, 0.25) is 5.88 Å². The zero-order valence-electron chi connectivity index (χ0n) is 15.6. The highest BCUT2D eigenvalue weighted by molar-refractivity contribution is 5.92. The first-order chi connectivity index (χ1) is 13.1. The topological polar surface area (TPSA) is 85.0 Å². The van der Waals surface area contributed by atoms with E-state index in [-0.39, 0.29) is 23.8 Å². The van der Waals surface area contributed by atoms with E-state index in [2.05, 4.69) is 4.98 Å². The third kappa shape index (κ3) is 3.06. The summed E-state index contributed by atoms with van der Waals surface area (Å²) in [7, 11) is 1.55. The van der Waals surface area contributed by atoms with Gasteiger partial charge in [-0.1, -0.05) is 0 Å². The van der Waals surface area contributed by atoms with Crippen LogP contribution in [0.4, 0.5) is 0 Å². The molecule has 4 heterocycles. The van der Waals surface area contributed by atoms with Crippen LogP contribution in [0.25, 0.3) is 0 Å². The molecule has 0 aliphatic carbocycles. The average molecular weight is 372 g/mol. The Balaban J connectivity index is 1.57. The molecule has 2 fully saturated rings. The number of methoxy groups -OCH3 is 1. The predicted molar refractivity (Wildman–Crippen MR) is 96.8 cm³/mol. The number of nitrogens with zero attached hydrogens (tertiary/aromatic N) is 2. The van der Waals surface area contributed by atoms with Crippen molar-refractivity contribution in [3.05, 3.63) is 41.8 Å². The number of carbonyl (C=O) groups excluding carboxylic acids is 1. The summed E-state index contributed by atoms with van der Waals surface area (Å²) >= 11 is 0. The number of ether oxygens (including phenoxy) is 2. The molecule has 0 spiro atoms. The summed E-state index contributed by atoms with van der Waals surface area (Å²) in [5.74, 6) is 0.918. The lowest BCUT2D eigenvalue weighted by molar-refractivity contribution is -0.0501. The van der Waals surface area contributed by atoms with Crippen LogP contribution in [0.1, 0.15) is 48.7 Å². The van der Waals surface area contributed by atoms with Gasteiger partial charge in [-0.15, -0.1) is 0 Å². The Morgan fingerprint density at radius 3 is 2.74 bits per heavy atom. The molecule has 7 heteroatoms. The van der Waals surface area contributed by atoms with Gasteiger partial charge in [0.1, 0.15) is 0 Å². The standard InChI is InChI=1S/C20H24N2O5/c1-3-26-17-9-8-16(27-17)19(23)22-13-6-7-14(22)12-20(24,11-13)15-5-4-10-21-18(15)25-2/h4-5,8-10,13-14,24H,3,6-7,11-12H2,1-2H3/t13-,14-/m0/s1. The van der Waals surface area contributed by atoms with E-state index in [1.807, 2.05) is 17.9 Å². The minimum atomic E-state index is -1.05. The molecule has 27 heavy (non-hydrogen) atoms. The summed E-state index contributed by atoms with van der Waals surface area (Å²) < 4.78 is 16.2. The molecule has 0 unspecified atom stereocenters. The van der Waals surface area contributed by atoms with Gasteiger partial charge in [-0.2, -0.15) is 0 Å². The van der Waals surface area contributed by atoms with Crippen molar-refractivity contribution in [2.45, 2.75) is 50.3 Å². The molecule has 4 rings (SSSR count). The third-order valence-electron chi connectivity index (χ3n) is 5.55. The van der Waals surface area contributed by atoms with E-state index < -0.39 is 5.60 Å². The molecule has 2 aliphatic heterocycles. The Kier molecular flexibility index (Phi) is 4.55. The molecule has 2 atom stereocenters. The van der Waals surface area contributed by atoms with E-state index in [4.69, 9.17) is 13.9 Å². The van der Waals surface area contributed by atoms with Crippen molar-refractivity contribution in [2.24, 2.45) is 0 Å². The summed E-state index contributed by atoms with van der Waals surface area (Å²) in [5.41, 5.74) is -0.366. The second kappa shape index (κ2) is 6.88. The molecule has 2 aromatic heterocycles. The van der Waals surface area contributed by atoms with Crippen LogP contribution < -0.4 is 9.47 Å². The summed E-state index contributed by atoms with van der Waals surface area (Å²) in [4.78, 5) is 19.1. The quantitative estimate of drug-likeness (QED) is 0.869. The molecule has 0 radical (unpaired) electrons. The van der Waals surface area contributed by atoms with Crippen LogP contribution in [0.3, 0.4) is 0 Å². The molecule has 0 aromatic carbocycles. The first-order valence-corrected chi connectivity index (χ1v) is 9.33. The van der Waals surface area contributed by atoms with Gasteiger partial charge in [0.05, 0.1) is 19.3 Å². The Labute approximate surface area is 157 Å². The fraction of sp³-hybridized carbons (Fsp3) is 0.500. The fourth-order valence-corrected chi connectivity index (χ4v) is 4.47. The molecule has 2 bridgehead atoms. The number of pyridine rings is 1. The maximum Gasteiger partial charge on any atom is 0.290 e. The number of aliphatic hydroxyl groups is 1. The lowest BCUT2D eigenvalue weighted by Gasteiger charge is -2.43. The monoisotopic (exact) mass is 372 g/mol. The first kappa shape index (κ1) is 17.9. The Morgan fingerprint density at radius 2 is 2.07 bits per heavy atom. The molecular weight excluding hydrogens is 348 g/mol. The number of hydrogen-bond acceptors (Lipinski definition) is 6. The molecule has 2 aromatic rings. The number of hydrogen-bond donors (Lipinski definition) is 1. The van der Waals surface area contributed by atoms with Crippen molar-refractivity contribution in [3.8, 4) is 11.8 Å². The zero-order chi connectivity index (χ0) is 19.0. The van der Waals surface area contributed by atoms with Gasteiger partial charge in [-0.05, 0) is 38.0 Å². The number of furan rings is 1. The molecular formula is C20H24N2O5. The van der Waals surface area contributed by atoms with Crippen molar-refractivity contribution < 1.29 is 23.8 Å². The van der Waals surface area contributed by atoms with Gasteiger partial charge < -0.3 is 23.9 Å². The molecule has 7 nitrogen and oxygen atoms in total. The average Bonchev–Trinajstić information content (AvgIpc) is 3.25. The minimum absolute atomic E-state index is 0.0493. The van der Waals surface area contributed by atoms with Crippen LogP contribution in [0.5, 0.6) is 11.8 Å². The smallest absolute Gasteiger partial charge is 0.290 e. The van der Waals surface area contributed by atoms with E-state index in [0.717, 1.165) is 12.8 Å². The van der Waals surface area contributed by atoms with Crippen molar-refractivity contribution >= 4 is 5.91 Å². The maximum atomic E-state index is 13.0. The highest BCUT2D eigenvalue weighted by atomic mass is 16.6. The number of piperidine rings is 1. The number of carbonyl (C=O) groups is 1. The number of rotatable bonds is 5. The summed E-state index contributed by atoms with van der Waals surface area (Å²) in [6.45, 7) is 2.35. The van der Waals surface area contributed by atoms with Crippen LogP contribution >= 0.6 is 0 Å². The van der Waals surface area contributed by atoms with Crippen LogP contribution in [0.15, 0.2) is 34.9 Å². The normalized spacial score (nSPS) is 26.9. The van der Waals surface area contributed by atoms with Crippen LogP contribution in [-0.4, -0.2) is 46.7 Å². The van der Waals surface area contributed by atoms with Gasteiger partial charge in [0.25, 0.3) is 11.9 Å². The fourth-order valence-electron chi connectivity index (χ4n) is 4.47. The van der Waals surface area contributed by atoms with Gasteiger partial charge in [0, 0.05) is 42.8 Å². The van der Waals surface area contributed by atoms with Gasteiger partial charge in [0.15, 0.2) is 5.76 Å². The van der Waals surface area contributed by atoms with E-state index >= 15 is 0 Å². The molecule has 2 saturated heterocycles. The van der Waals surface area contributed by atoms with Crippen molar-refractivity contribution in [1.29, 1.82) is 0 Å². The van der Waals surface area contributed by atoms with Crippen molar-refractivity contribution in [3.63, 3.8) is 0 Å². The molecule has 0 saturated carbocycles. The second-order valence-electron chi connectivity index (χ2n) is 7.15. The second-order valence-corrected chi connectivity index (χ2v) is 7.15. The molecule has 2 aliphatic rings. The van der Waals surface area contributed by atoms with E-state index in [0.29, 0.717) is 36.8 Å². The molecule has 1 amide bonds. The summed E-state index contributed by atoms with van der Waals surface area (Å²) in [5, 5.41) is 11.4.